The van der Waals surface area contributed by atoms with Gasteiger partial charge in [0.2, 0.25) is 0 Å². The van der Waals surface area contributed by atoms with Gasteiger partial charge in [-0.05, 0) is 43.7 Å². The predicted molar refractivity (Wildman–Crippen MR) is 98.9 cm³/mol. The fraction of sp³-hybridized carbons (Fsp3) is 0.100. The molecular formula is C20H15FN4O2. The lowest BCUT2D eigenvalue weighted by Crippen LogP contribution is -2.14. The monoisotopic (exact) mass is 362 g/mol. The zero-order valence-corrected chi connectivity index (χ0v) is 14.7. The molecule has 0 bridgehead atoms. The van der Waals surface area contributed by atoms with Crippen molar-refractivity contribution >= 4 is 22.8 Å². The second kappa shape index (κ2) is 6.60. The number of nitrogens with zero attached hydrogens (tertiary/aromatic N) is 3. The van der Waals surface area contributed by atoms with Gasteiger partial charge in [0, 0.05) is 11.8 Å². The lowest BCUT2D eigenvalue weighted by Gasteiger charge is -2.08. The Labute approximate surface area is 154 Å². The summed E-state index contributed by atoms with van der Waals surface area (Å²) in [5, 5.41) is 7.12. The quantitative estimate of drug-likeness (QED) is 0.588. The van der Waals surface area contributed by atoms with Crippen molar-refractivity contribution in [1.82, 2.24) is 15.1 Å². The van der Waals surface area contributed by atoms with E-state index < -0.39 is 11.7 Å². The number of carbonyl (C=O) groups excluding carboxylic acids is 1. The minimum atomic E-state index is -0.438. The number of carbonyl (C=O) groups is 1. The molecule has 3 aromatic heterocycles. The van der Waals surface area contributed by atoms with Crippen LogP contribution in [0.5, 0.6) is 0 Å². The van der Waals surface area contributed by atoms with E-state index in [1.165, 1.54) is 12.1 Å². The summed E-state index contributed by atoms with van der Waals surface area (Å²) in [7, 11) is 0. The smallest absolute Gasteiger partial charge is 0.259 e. The van der Waals surface area contributed by atoms with E-state index >= 15 is 0 Å². The van der Waals surface area contributed by atoms with E-state index in [4.69, 9.17) is 4.52 Å². The fourth-order valence-electron chi connectivity index (χ4n) is 2.81. The molecule has 0 aliphatic carbocycles. The number of aryl methyl sites for hydroxylation is 2. The average molecular weight is 362 g/mol. The number of fused-ring (bicyclic) bond motifs is 1. The summed E-state index contributed by atoms with van der Waals surface area (Å²) in [6.45, 7) is 3.63. The van der Waals surface area contributed by atoms with Crippen molar-refractivity contribution in [3.05, 3.63) is 71.3 Å². The second-order valence-corrected chi connectivity index (χ2v) is 6.16. The Kier molecular flexibility index (Phi) is 4.12. The average Bonchev–Trinajstić information content (AvgIpc) is 3.04. The molecule has 27 heavy (non-hydrogen) atoms. The Bertz CT molecular complexity index is 1150. The molecule has 1 N–H and O–H groups in total. The highest BCUT2D eigenvalue weighted by atomic mass is 19.1. The summed E-state index contributed by atoms with van der Waals surface area (Å²) in [4.78, 5) is 21.4. The van der Waals surface area contributed by atoms with Gasteiger partial charge in [-0.3, -0.25) is 4.79 Å². The Morgan fingerprint density at radius 2 is 1.96 bits per heavy atom. The second-order valence-electron chi connectivity index (χ2n) is 6.16. The van der Waals surface area contributed by atoms with Gasteiger partial charge in [-0.25, -0.2) is 14.4 Å². The van der Waals surface area contributed by atoms with Crippen LogP contribution < -0.4 is 5.32 Å². The van der Waals surface area contributed by atoms with Crippen LogP contribution in [-0.2, 0) is 0 Å². The molecule has 1 amide bonds. The van der Waals surface area contributed by atoms with Crippen LogP contribution in [-0.4, -0.2) is 21.0 Å². The number of aromatic nitrogens is 3. The van der Waals surface area contributed by atoms with Crippen molar-refractivity contribution in [2.24, 2.45) is 0 Å². The SMILES string of the molecule is Cc1ccc(NC(=O)c2cc(-c3ccccc3F)nc3onc(C)c23)nc1. The Hall–Kier alpha value is -3.61. The molecule has 0 saturated heterocycles. The number of hydrogen-bond donors (Lipinski definition) is 1. The molecule has 0 radical (unpaired) electrons. The van der Waals surface area contributed by atoms with Gasteiger partial charge >= 0.3 is 0 Å². The number of halogens is 1. The minimum Gasteiger partial charge on any atom is -0.335 e. The highest BCUT2D eigenvalue weighted by Gasteiger charge is 2.20. The van der Waals surface area contributed by atoms with Crippen LogP contribution in [0.1, 0.15) is 21.6 Å². The first-order valence-corrected chi connectivity index (χ1v) is 8.29. The van der Waals surface area contributed by atoms with E-state index in [9.17, 15) is 9.18 Å². The maximum Gasteiger partial charge on any atom is 0.259 e. The van der Waals surface area contributed by atoms with Crippen molar-refractivity contribution in [3.8, 4) is 11.3 Å². The van der Waals surface area contributed by atoms with E-state index in [-0.39, 0.29) is 11.3 Å². The predicted octanol–water partition coefficient (Wildman–Crippen LogP) is 4.29. The van der Waals surface area contributed by atoms with Gasteiger partial charge in [-0.2, -0.15) is 0 Å². The summed E-state index contributed by atoms with van der Waals surface area (Å²) in [5.74, 6) is -0.424. The van der Waals surface area contributed by atoms with Gasteiger partial charge in [-0.15, -0.1) is 0 Å². The number of pyridine rings is 2. The zero-order valence-electron chi connectivity index (χ0n) is 14.7. The molecule has 0 aliphatic rings. The summed E-state index contributed by atoms with van der Waals surface area (Å²) < 4.78 is 19.4. The van der Waals surface area contributed by atoms with E-state index in [1.807, 2.05) is 13.0 Å². The largest absolute Gasteiger partial charge is 0.335 e. The number of hydrogen-bond acceptors (Lipinski definition) is 5. The number of anilines is 1. The zero-order chi connectivity index (χ0) is 19.0. The summed E-state index contributed by atoms with van der Waals surface area (Å²) in [6, 6.07) is 11.3. The molecule has 4 aromatic rings. The van der Waals surface area contributed by atoms with Crippen LogP contribution in [0.4, 0.5) is 10.2 Å². The Morgan fingerprint density at radius 3 is 2.70 bits per heavy atom. The molecule has 0 aliphatic heterocycles. The fourth-order valence-corrected chi connectivity index (χ4v) is 2.81. The summed E-state index contributed by atoms with van der Waals surface area (Å²) in [6.07, 6.45) is 1.66. The van der Waals surface area contributed by atoms with Crippen LogP contribution in [0.3, 0.4) is 0 Å². The number of benzene rings is 1. The van der Waals surface area contributed by atoms with Gasteiger partial charge in [-0.1, -0.05) is 23.4 Å². The van der Waals surface area contributed by atoms with Gasteiger partial charge in [0.1, 0.15) is 11.6 Å². The van der Waals surface area contributed by atoms with Gasteiger partial charge in [0.05, 0.1) is 22.3 Å². The normalized spacial score (nSPS) is 10.9. The van der Waals surface area contributed by atoms with E-state index in [2.05, 4.69) is 20.4 Å². The van der Waals surface area contributed by atoms with Crippen molar-refractivity contribution in [3.63, 3.8) is 0 Å². The van der Waals surface area contributed by atoms with Crippen LogP contribution in [0, 0.1) is 19.7 Å². The molecule has 3 heterocycles. The Balaban J connectivity index is 1.83. The number of amides is 1. The van der Waals surface area contributed by atoms with Crippen molar-refractivity contribution in [2.75, 3.05) is 5.32 Å². The maximum atomic E-state index is 14.2. The molecule has 1 aromatic carbocycles. The molecule has 6 nitrogen and oxygen atoms in total. The van der Waals surface area contributed by atoms with E-state index in [1.54, 1.807) is 37.4 Å². The molecule has 7 heteroatoms. The number of rotatable bonds is 3. The van der Waals surface area contributed by atoms with Crippen molar-refractivity contribution < 1.29 is 13.7 Å². The van der Waals surface area contributed by atoms with Gasteiger partial charge in [0.15, 0.2) is 0 Å². The summed E-state index contributed by atoms with van der Waals surface area (Å²) in [5.41, 5.74) is 2.54. The van der Waals surface area contributed by atoms with E-state index in [0.717, 1.165) is 5.56 Å². The highest BCUT2D eigenvalue weighted by molar-refractivity contribution is 6.12. The molecule has 0 spiro atoms. The first-order valence-electron chi connectivity index (χ1n) is 8.29. The van der Waals surface area contributed by atoms with Gasteiger partial charge < -0.3 is 9.84 Å². The molecule has 0 unspecified atom stereocenters. The van der Waals surface area contributed by atoms with Crippen LogP contribution >= 0.6 is 0 Å². The summed E-state index contributed by atoms with van der Waals surface area (Å²) >= 11 is 0. The first kappa shape index (κ1) is 16.8. The van der Waals surface area contributed by atoms with Crippen molar-refractivity contribution in [1.29, 1.82) is 0 Å². The third-order valence-corrected chi connectivity index (χ3v) is 4.16. The third kappa shape index (κ3) is 3.15. The standard InChI is InChI=1S/C20H15FN4O2/c1-11-7-8-17(22-10-11)24-19(26)14-9-16(13-5-3-4-6-15(13)21)23-20-18(14)12(2)25-27-20/h3-10H,1-2H3,(H,22,24,26). The molecular weight excluding hydrogens is 347 g/mol. The van der Waals surface area contributed by atoms with E-state index in [0.29, 0.717) is 28.2 Å². The Morgan fingerprint density at radius 1 is 1.15 bits per heavy atom. The molecule has 134 valence electrons. The van der Waals surface area contributed by atoms with Gasteiger partial charge in [0.25, 0.3) is 11.6 Å². The maximum absolute atomic E-state index is 14.2. The molecule has 0 saturated carbocycles. The molecule has 0 atom stereocenters. The van der Waals surface area contributed by atoms with Crippen LogP contribution in [0.25, 0.3) is 22.4 Å². The third-order valence-electron chi connectivity index (χ3n) is 4.16. The highest BCUT2D eigenvalue weighted by Crippen LogP contribution is 2.28. The first-order chi connectivity index (χ1) is 13.0. The van der Waals surface area contributed by atoms with Crippen LogP contribution in [0.2, 0.25) is 0 Å². The lowest BCUT2D eigenvalue weighted by molar-refractivity contribution is 0.102. The molecule has 0 fully saturated rings. The topological polar surface area (TPSA) is 80.9 Å². The number of nitrogens with one attached hydrogen (secondary N) is 1. The van der Waals surface area contributed by atoms with Crippen LogP contribution in [0.15, 0.2) is 53.2 Å². The molecule has 4 rings (SSSR count). The lowest BCUT2D eigenvalue weighted by atomic mass is 10.0. The van der Waals surface area contributed by atoms with Crippen molar-refractivity contribution in [2.45, 2.75) is 13.8 Å². The minimum absolute atomic E-state index is 0.176.